The summed E-state index contributed by atoms with van der Waals surface area (Å²) in [6, 6.07) is 8.50. The zero-order valence-corrected chi connectivity index (χ0v) is 13.9. The SMILES string of the molecule is CCc1cc(CC(N)c2ccc(C)c(Br)c2)n(CC)n1. The summed E-state index contributed by atoms with van der Waals surface area (Å²) in [6.07, 6.45) is 1.78. The standard InChI is InChI=1S/C16H22BrN3/c1-4-13-9-14(20(5-2)19-13)10-16(18)12-7-6-11(3)15(17)8-12/h6-9,16H,4-5,10,18H2,1-3H3. The Kier molecular flexibility index (Phi) is 5.00. The molecule has 20 heavy (non-hydrogen) atoms. The van der Waals surface area contributed by atoms with Crippen LogP contribution in [0, 0.1) is 6.92 Å². The Labute approximate surface area is 129 Å². The molecule has 2 aromatic rings. The summed E-state index contributed by atoms with van der Waals surface area (Å²) in [5.41, 5.74) is 11.1. The molecule has 0 saturated carbocycles. The lowest BCUT2D eigenvalue weighted by atomic mass is 10.0. The van der Waals surface area contributed by atoms with Crippen LogP contribution < -0.4 is 5.73 Å². The monoisotopic (exact) mass is 335 g/mol. The number of hydrogen-bond acceptors (Lipinski definition) is 2. The Morgan fingerprint density at radius 1 is 1.30 bits per heavy atom. The molecule has 0 bridgehead atoms. The number of rotatable bonds is 5. The molecule has 0 saturated heterocycles. The number of aryl methyl sites for hydroxylation is 3. The van der Waals surface area contributed by atoms with E-state index in [9.17, 15) is 0 Å². The van der Waals surface area contributed by atoms with E-state index in [-0.39, 0.29) is 6.04 Å². The van der Waals surface area contributed by atoms with Crippen molar-refractivity contribution < 1.29 is 0 Å². The van der Waals surface area contributed by atoms with Gasteiger partial charge in [0, 0.05) is 29.2 Å². The minimum absolute atomic E-state index is 0.00129. The Bertz CT molecular complexity index is 589. The summed E-state index contributed by atoms with van der Waals surface area (Å²) in [4.78, 5) is 0. The molecule has 4 heteroatoms. The van der Waals surface area contributed by atoms with E-state index in [4.69, 9.17) is 5.73 Å². The highest BCUT2D eigenvalue weighted by molar-refractivity contribution is 9.10. The van der Waals surface area contributed by atoms with Crippen LogP contribution in [0.5, 0.6) is 0 Å². The summed E-state index contributed by atoms with van der Waals surface area (Å²) in [5.74, 6) is 0. The predicted octanol–water partition coefficient (Wildman–Crippen LogP) is 3.78. The fraction of sp³-hybridized carbons (Fsp3) is 0.438. The zero-order chi connectivity index (χ0) is 14.7. The second kappa shape index (κ2) is 6.55. The lowest BCUT2D eigenvalue weighted by Crippen LogP contribution is -2.16. The molecule has 108 valence electrons. The van der Waals surface area contributed by atoms with Gasteiger partial charge in [0.05, 0.1) is 5.69 Å². The lowest BCUT2D eigenvalue weighted by molar-refractivity contribution is 0.585. The van der Waals surface area contributed by atoms with Crippen LogP contribution in [-0.4, -0.2) is 9.78 Å². The molecule has 0 aliphatic carbocycles. The molecule has 0 aliphatic heterocycles. The number of aromatic nitrogens is 2. The van der Waals surface area contributed by atoms with E-state index in [1.807, 2.05) is 0 Å². The molecule has 1 unspecified atom stereocenters. The quantitative estimate of drug-likeness (QED) is 0.903. The molecule has 3 nitrogen and oxygen atoms in total. The van der Waals surface area contributed by atoms with Crippen molar-refractivity contribution >= 4 is 15.9 Å². The summed E-state index contributed by atoms with van der Waals surface area (Å²) < 4.78 is 3.17. The second-order valence-corrected chi connectivity index (χ2v) is 5.97. The van der Waals surface area contributed by atoms with E-state index in [0.717, 1.165) is 35.1 Å². The molecule has 1 heterocycles. The van der Waals surface area contributed by atoms with E-state index in [0.29, 0.717) is 0 Å². The van der Waals surface area contributed by atoms with Crippen molar-refractivity contribution in [3.63, 3.8) is 0 Å². The third-order valence-electron chi connectivity index (χ3n) is 3.63. The van der Waals surface area contributed by atoms with Crippen LogP contribution in [-0.2, 0) is 19.4 Å². The van der Waals surface area contributed by atoms with Gasteiger partial charge in [-0.3, -0.25) is 4.68 Å². The molecule has 1 aromatic heterocycles. The maximum atomic E-state index is 6.36. The van der Waals surface area contributed by atoms with Crippen LogP contribution in [0.2, 0.25) is 0 Å². The number of nitrogens with zero attached hydrogens (tertiary/aromatic N) is 2. The van der Waals surface area contributed by atoms with Gasteiger partial charge in [0.15, 0.2) is 0 Å². The maximum absolute atomic E-state index is 6.36. The van der Waals surface area contributed by atoms with Gasteiger partial charge in [-0.2, -0.15) is 5.10 Å². The number of benzene rings is 1. The van der Waals surface area contributed by atoms with E-state index < -0.39 is 0 Å². The van der Waals surface area contributed by atoms with Crippen molar-refractivity contribution in [2.75, 3.05) is 0 Å². The Morgan fingerprint density at radius 3 is 2.65 bits per heavy atom. The zero-order valence-electron chi connectivity index (χ0n) is 12.4. The Morgan fingerprint density at radius 2 is 2.05 bits per heavy atom. The Balaban J connectivity index is 2.20. The van der Waals surface area contributed by atoms with Gasteiger partial charge in [-0.15, -0.1) is 0 Å². The number of hydrogen-bond donors (Lipinski definition) is 1. The van der Waals surface area contributed by atoms with Gasteiger partial charge in [-0.1, -0.05) is 35.0 Å². The molecule has 2 rings (SSSR count). The third kappa shape index (κ3) is 3.30. The van der Waals surface area contributed by atoms with Gasteiger partial charge in [0.25, 0.3) is 0 Å². The summed E-state index contributed by atoms with van der Waals surface area (Å²) in [6.45, 7) is 7.21. The fourth-order valence-corrected chi connectivity index (χ4v) is 2.71. The van der Waals surface area contributed by atoms with Crippen molar-refractivity contribution in [1.82, 2.24) is 9.78 Å². The van der Waals surface area contributed by atoms with Crippen molar-refractivity contribution in [2.24, 2.45) is 5.73 Å². The average molecular weight is 336 g/mol. The van der Waals surface area contributed by atoms with Gasteiger partial charge in [0.1, 0.15) is 0 Å². The summed E-state index contributed by atoms with van der Waals surface area (Å²) in [5, 5.41) is 4.58. The molecular formula is C16H22BrN3. The van der Waals surface area contributed by atoms with Crippen LogP contribution in [0.25, 0.3) is 0 Å². The molecule has 1 atom stereocenters. The first-order chi connectivity index (χ1) is 9.55. The predicted molar refractivity (Wildman–Crippen MR) is 86.8 cm³/mol. The first-order valence-electron chi connectivity index (χ1n) is 7.12. The first-order valence-corrected chi connectivity index (χ1v) is 7.91. The molecule has 0 radical (unpaired) electrons. The number of nitrogens with two attached hydrogens (primary N) is 1. The van der Waals surface area contributed by atoms with E-state index in [1.54, 1.807) is 0 Å². The van der Waals surface area contributed by atoms with Crippen LogP contribution >= 0.6 is 15.9 Å². The molecule has 1 aromatic carbocycles. The van der Waals surface area contributed by atoms with Crippen LogP contribution in [0.1, 0.15) is 42.4 Å². The van der Waals surface area contributed by atoms with E-state index in [2.05, 4.69) is 70.7 Å². The first kappa shape index (κ1) is 15.3. The minimum atomic E-state index is -0.00129. The van der Waals surface area contributed by atoms with E-state index in [1.165, 1.54) is 11.3 Å². The molecule has 0 aliphatic rings. The van der Waals surface area contributed by atoms with Crippen LogP contribution in [0.3, 0.4) is 0 Å². The van der Waals surface area contributed by atoms with Gasteiger partial charge in [-0.25, -0.2) is 0 Å². The molecule has 0 spiro atoms. The minimum Gasteiger partial charge on any atom is -0.324 e. The highest BCUT2D eigenvalue weighted by Crippen LogP contribution is 2.23. The normalized spacial score (nSPS) is 12.7. The van der Waals surface area contributed by atoms with Gasteiger partial charge in [0.2, 0.25) is 0 Å². The average Bonchev–Trinajstić information content (AvgIpc) is 2.84. The maximum Gasteiger partial charge on any atom is 0.0624 e. The van der Waals surface area contributed by atoms with E-state index >= 15 is 0 Å². The van der Waals surface area contributed by atoms with Crippen LogP contribution in [0.15, 0.2) is 28.7 Å². The van der Waals surface area contributed by atoms with Gasteiger partial charge < -0.3 is 5.73 Å². The molecular weight excluding hydrogens is 314 g/mol. The topological polar surface area (TPSA) is 43.8 Å². The highest BCUT2D eigenvalue weighted by Gasteiger charge is 2.13. The smallest absolute Gasteiger partial charge is 0.0624 e. The van der Waals surface area contributed by atoms with Crippen molar-refractivity contribution in [2.45, 2.75) is 46.2 Å². The second-order valence-electron chi connectivity index (χ2n) is 5.12. The Hall–Kier alpha value is -1.13. The molecule has 0 fully saturated rings. The van der Waals surface area contributed by atoms with Gasteiger partial charge in [-0.05, 0) is 43.5 Å². The molecule has 2 N–H and O–H groups in total. The van der Waals surface area contributed by atoms with Crippen molar-refractivity contribution in [3.05, 3.63) is 51.3 Å². The fourth-order valence-electron chi connectivity index (χ4n) is 2.31. The summed E-state index contributed by atoms with van der Waals surface area (Å²) in [7, 11) is 0. The largest absolute Gasteiger partial charge is 0.324 e. The van der Waals surface area contributed by atoms with Crippen LogP contribution in [0.4, 0.5) is 0 Å². The molecule has 0 amide bonds. The van der Waals surface area contributed by atoms with Crippen molar-refractivity contribution in [3.8, 4) is 0 Å². The van der Waals surface area contributed by atoms with Crippen molar-refractivity contribution in [1.29, 1.82) is 0 Å². The van der Waals surface area contributed by atoms with Gasteiger partial charge >= 0.3 is 0 Å². The third-order valence-corrected chi connectivity index (χ3v) is 4.48. The highest BCUT2D eigenvalue weighted by atomic mass is 79.9. The number of halogens is 1. The summed E-state index contributed by atoms with van der Waals surface area (Å²) >= 11 is 3.57. The lowest BCUT2D eigenvalue weighted by Gasteiger charge is -2.14.